The number of hydrogen-bond donors (Lipinski definition) is 2. The van der Waals surface area contributed by atoms with E-state index < -0.39 is 26.5 Å². The smallest absolute Gasteiger partial charge is 0.462 e. The number of carbonyl (C=O) groups is 2. The summed E-state index contributed by atoms with van der Waals surface area (Å²) in [6.07, 6.45) is 20.1. The number of carbonyl (C=O) groups excluding carboxylic acids is 2. The maximum atomic E-state index is 12.4. The summed E-state index contributed by atoms with van der Waals surface area (Å²) in [4.78, 5) is 34.3. The Labute approximate surface area is 237 Å². The Kier molecular flexibility index (Phi) is 26.5. The highest BCUT2D eigenvalue weighted by atomic mass is 31.2. The Hall–Kier alpha value is -0.990. The number of phosphoric ester groups is 1. The average Bonchev–Trinajstić information content (AvgIpc) is 2.91. The predicted molar refractivity (Wildman–Crippen MR) is 155 cm³/mol. The Morgan fingerprint density at radius 3 is 1.56 bits per heavy atom. The van der Waals surface area contributed by atoms with Crippen LogP contribution in [0.4, 0.5) is 0 Å². The molecule has 0 aromatic carbocycles. The largest absolute Gasteiger partial charge is 0.472 e. The first kappa shape index (κ1) is 38.0. The molecule has 0 fully saturated rings. The van der Waals surface area contributed by atoms with Crippen LogP contribution in [0.15, 0.2) is 0 Å². The monoisotopic (exact) mass is 579 g/mol. The summed E-state index contributed by atoms with van der Waals surface area (Å²) in [6.45, 7) is 3.65. The van der Waals surface area contributed by atoms with Gasteiger partial charge in [-0.1, -0.05) is 117 Å². The highest BCUT2D eigenvalue weighted by Gasteiger charge is 2.25. The Morgan fingerprint density at radius 2 is 1.10 bits per heavy atom. The molecule has 0 aromatic heterocycles. The van der Waals surface area contributed by atoms with E-state index in [1.807, 2.05) is 0 Å². The van der Waals surface area contributed by atoms with E-state index >= 15 is 0 Å². The molecule has 0 amide bonds. The Bertz CT molecular complexity index is 634. The standard InChI is InChI=1S/C29H58NO8P/c1-3-5-7-9-11-12-13-14-16-18-20-22-29(32)38-27(26-37-39(33,34)36-24-23-30)25-35-28(31)21-19-17-15-10-8-6-4-2/h27H,3-26,30H2,1-2H3,(H,33,34). The van der Waals surface area contributed by atoms with E-state index in [0.29, 0.717) is 6.42 Å². The van der Waals surface area contributed by atoms with Crippen molar-refractivity contribution in [3.63, 3.8) is 0 Å². The van der Waals surface area contributed by atoms with Crippen LogP contribution >= 0.6 is 7.82 Å². The van der Waals surface area contributed by atoms with Gasteiger partial charge in [0.2, 0.25) is 0 Å². The molecule has 0 saturated heterocycles. The van der Waals surface area contributed by atoms with E-state index in [4.69, 9.17) is 24.3 Å². The molecule has 0 spiro atoms. The highest BCUT2D eigenvalue weighted by Crippen LogP contribution is 2.43. The lowest BCUT2D eigenvalue weighted by molar-refractivity contribution is -0.161. The summed E-state index contributed by atoms with van der Waals surface area (Å²) < 4.78 is 32.3. The van der Waals surface area contributed by atoms with E-state index in [1.165, 1.54) is 77.0 Å². The second-order valence-corrected chi connectivity index (χ2v) is 11.8. The van der Waals surface area contributed by atoms with Gasteiger partial charge in [-0.3, -0.25) is 18.6 Å². The first-order valence-corrected chi connectivity index (χ1v) is 17.0. The van der Waals surface area contributed by atoms with Crippen molar-refractivity contribution in [1.82, 2.24) is 0 Å². The van der Waals surface area contributed by atoms with Crippen molar-refractivity contribution in [2.75, 3.05) is 26.4 Å². The van der Waals surface area contributed by atoms with Gasteiger partial charge in [-0.25, -0.2) is 4.57 Å². The van der Waals surface area contributed by atoms with Crippen LogP contribution in [-0.2, 0) is 32.7 Å². The van der Waals surface area contributed by atoms with E-state index in [2.05, 4.69) is 13.8 Å². The third kappa shape index (κ3) is 27.0. The lowest BCUT2D eigenvalue weighted by Crippen LogP contribution is -2.29. The SMILES string of the molecule is CCCCCCCCCCCCCC(=O)OC(COC(=O)CCCCCCCCC)COP(=O)(O)OCCN. The third-order valence-corrected chi connectivity index (χ3v) is 7.48. The van der Waals surface area contributed by atoms with Gasteiger partial charge in [0.05, 0.1) is 13.2 Å². The molecule has 0 rings (SSSR count). The average molecular weight is 580 g/mol. The van der Waals surface area contributed by atoms with Crippen LogP contribution in [0.2, 0.25) is 0 Å². The molecule has 232 valence electrons. The van der Waals surface area contributed by atoms with Crippen LogP contribution in [0.1, 0.15) is 142 Å². The van der Waals surface area contributed by atoms with Crippen molar-refractivity contribution in [2.24, 2.45) is 5.73 Å². The van der Waals surface area contributed by atoms with Crippen molar-refractivity contribution >= 4 is 19.8 Å². The summed E-state index contributed by atoms with van der Waals surface area (Å²) >= 11 is 0. The first-order chi connectivity index (χ1) is 18.8. The first-order valence-electron chi connectivity index (χ1n) is 15.5. The molecule has 0 heterocycles. The molecule has 0 radical (unpaired) electrons. The second kappa shape index (κ2) is 27.2. The molecule has 0 aliphatic heterocycles. The van der Waals surface area contributed by atoms with Gasteiger partial charge in [-0.05, 0) is 12.8 Å². The molecular formula is C29H58NO8P. The number of rotatable bonds is 29. The van der Waals surface area contributed by atoms with Gasteiger partial charge in [0.15, 0.2) is 6.10 Å². The summed E-state index contributed by atoms with van der Waals surface area (Å²) in [6, 6.07) is 0. The van der Waals surface area contributed by atoms with Gasteiger partial charge >= 0.3 is 19.8 Å². The molecule has 0 aromatic rings. The van der Waals surface area contributed by atoms with Gasteiger partial charge < -0.3 is 20.1 Å². The van der Waals surface area contributed by atoms with Crippen molar-refractivity contribution < 1.29 is 37.6 Å². The van der Waals surface area contributed by atoms with Gasteiger partial charge in [-0.2, -0.15) is 0 Å². The predicted octanol–water partition coefficient (Wildman–Crippen LogP) is 7.38. The number of hydrogen-bond acceptors (Lipinski definition) is 8. The molecule has 0 aliphatic carbocycles. The number of phosphoric acid groups is 1. The zero-order chi connectivity index (χ0) is 29.0. The fourth-order valence-corrected chi connectivity index (χ4v) is 4.93. The summed E-state index contributed by atoms with van der Waals surface area (Å²) in [5.74, 6) is -0.833. The van der Waals surface area contributed by atoms with Crippen molar-refractivity contribution in [3.8, 4) is 0 Å². The molecule has 39 heavy (non-hydrogen) atoms. The van der Waals surface area contributed by atoms with Crippen molar-refractivity contribution in [2.45, 2.75) is 148 Å². The van der Waals surface area contributed by atoms with Crippen LogP contribution in [0.25, 0.3) is 0 Å². The molecule has 0 bridgehead atoms. The molecule has 10 heteroatoms. The minimum Gasteiger partial charge on any atom is -0.462 e. The van der Waals surface area contributed by atoms with Gasteiger partial charge in [0.1, 0.15) is 6.61 Å². The van der Waals surface area contributed by atoms with E-state index in [0.717, 1.165) is 32.1 Å². The molecule has 2 unspecified atom stereocenters. The summed E-state index contributed by atoms with van der Waals surface area (Å²) in [5, 5.41) is 0. The number of nitrogens with two attached hydrogens (primary N) is 1. The number of esters is 2. The van der Waals surface area contributed by atoms with Crippen LogP contribution in [0.3, 0.4) is 0 Å². The number of unbranched alkanes of at least 4 members (excludes halogenated alkanes) is 16. The van der Waals surface area contributed by atoms with E-state index in [-0.39, 0.29) is 38.6 Å². The quantitative estimate of drug-likeness (QED) is 0.0529. The summed E-state index contributed by atoms with van der Waals surface area (Å²) in [7, 11) is -4.35. The Balaban J connectivity index is 4.31. The number of ether oxygens (including phenoxy) is 2. The van der Waals surface area contributed by atoms with Crippen LogP contribution < -0.4 is 5.73 Å². The van der Waals surface area contributed by atoms with Crippen molar-refractivity contribution in [3.05, 3.63) is 0 Å². The lowest BCUT2D eigenvalue weighted by atomic mass is 10.1. The van der Waals surface area contributed by atoms with Gasteiger partial charge in [-0.15, -0.1) is 0 Å². The zero-order valence-electron chi connectivity index (χ0n) is 24.9. The summed E-state index contributed by atoms with van der Waals surface area (Å²) in [5.41, 5.74) is 5.29. The molecule has 0 aliphatic rings. The van der Waals surface area contributed by atoms with Crippen LogP contribution in [0, 0.1) is 0 Å². The fourth-order valence-electron chi connectivity index (χ4n) is 4.16. The highest BCUT2D eigenvalue weighted by molar-refractivity contribution is 7.47. The third-order valence-electron chi connectivity index (χ3n) is 6.49. The minimum absolute atomic E-state index is 0.0570. The minimum atomic E-state index is -4.35. The maximum absolute atomic E-state index is 12.4. The van der Waals surface area contributed by atoms with Gasteiger partial charge in [0, 0.05) is 19.4 Å². The topological polar surface area (TPSA) is 134 Å². The zero-order valence-corrected chi connectivity index (χ0v) is 25.8. The van der Waals surface area contributed by atoms with E-state index in [1.54, 1.807) is 0 Å². The van der Waals surface area contributed by atoms with Gasteiger partial charge in [0.25, 0.3) is 0 Å². The maximum Gasteiger partial charge on any atom is 0.472 e. The molecule has 2 atom stereocenters. The fraction of sp³-hybridized carbons (Fsp3) is 0.931. The molecular weight excluding hydrogens is 521 g/mol. The van der Waals surface area contributed by atoms with Crippen LogP contribution in [0.5, 0.6) is 0 Å². The lowest BCUT2D eigenvalue weighted by Gasteiger charge is -2.19. The normalized spacial score (nSPS) is 13.6. The molecule has 9 nitrogen and oxygen atoms in total. The van der Waals surface area contributed by atoms with E-state index in [9.17, 15) is 19.0 Å². The van der Waals surface area contributed by atoms with Crippen molar-refractivity contribution in [1.29, 1.82) is 0 Å². The second-order valence-electron chi connectivity index (χ2n) is 10.3. The van der Waals surface area contributed by atoms with Crippen LogP contribution in [-0.4, -0.2) is 49.3 Å². The Morgan fingerprint density at radius 1 is 0.667 bits per heavy atom. The molecule has 3 N–H and O–H groups in total. The molecule has 0 saturated carbocycles.